The Labute approximate surface area is 205 Å². The Morgan fingerprint density at radius 2 is 1.68 bits per heavy atom. The van der Waals surface area contributed by atoms with Crippen LogP contribution in [0.1, 0.15) is 56.1 Å². The number of sulfonamides is 1. The zero-order chi connectivity index (χ0) is 25.0. The molecule has 182 valence electrons. The molecule has 3 aromatic rings. The van der Waals surface area contributed by atoms with Crippen LogP contribution < -0.4 is 4.72 Å². The predicted octanol–water partition coefficient (Wildman–Crippen LogP) is 6.86. The highest BCUT2D eigenvalue weighted by molar-refractivity contribution is 7.92. The van der Waals surface area contributed by atoms with Crippen LogP contribution >= 0.6 is 11.6 Å². The fourth-order valence-corrected chi connectivity index (χ4v) is 4.71. The monoisotopic (exact) mass is 504 g/mol. The maximum atomic E-state index is 12.7. The van der Waals surface area contributed by atoms with Crippen LogP contribution in [-0.4, -0.2) is 29.8 Å². The van der Waals surface area contributed by atoms with Crippen LogP contribution in [0.3, 0.4) is 0 Å². The van der Waals surface area contributed by atoms with Crippen LogP contribution in [0.4, 0.5) is 10.5 Å². The Balaban J connectivity index is 0.000000945. The molecule has 0 fully saturated rings. The molecule has 9 heteroatoms. The van der Waals surface area contributed by atoms with Crippen LogP contribution in [0.2, 0.25) is 5.02 Å². The number of rotatable bonds is 10. The second-order valence-corrected chi connectivity index (χ2v) is 9.77. The number of hydrogen-bond acceptors (Lipinski definition) is 4. The molecule has 1 heterocycles. The van der Waals surface area contributed by atoms with E-state index < -0.39 is 16.2 Å². The van der Waals surface area contributed by atoms with E-state index in [1.54, 1.807) is 24.4 Å². The molecule has 2 aromatic carbocycles. The third kappa shape index (κ3) is 9.03. The molecule has 1 unspecified atom stereocenters. The normalized spacial score (nSPS) is 11.7. The summed E-state index contributed by atoms with van der Waals surface area (Å²) in [7, 11) is -3.68. The number of carboxylic acid groups (broad SMARTS) is 2. The van der Waals surface area contributed by atoms with Crippen molar-refractivity contribution in [3.8, 4) is 0 Å². The lowest BCUT2D eigenvalue weighted by Gasteiger charge is -2.19. The third-order valence-electron chi connectivity index (χ3n) is 5.10. The van der Waals surface area contributed by atoms with Gasteiger partial charge in [0.05, 0.1) is 4.90 Å². The number of benzene rings is 2. The number of pyridine rings is 1. The Morgan fingerprint density at radius 3 is 2.29 bits per heavy atom. The van der Waals surface area contributed by atoms with E-state index in [2.05, 4.69) is 28.8 Å². The molecular formula is C25H29ClN2O5S. The fourth-order valence-electron chi connectivity index (χ4n) is 3.53. The van der Waals surface area contributed by atoms with E-state index in [1.807, 2.05) is 24.4 Å². The molecule has 0 amide bonds. The lowest BCUT2D eigenvalue weighted by molar-refractivity contribution is 0.137. The number of anilines is 1. The number of nitrogens with one attached hydrogen (secondary N) is 1. The molecule has 0 saturated heterocycles. The summed E-state index contributed by atoms with van der Waals surface area (Å²) in [6, 6.07) is 17.8. The summed E-state index contributed by atoms with van der Waals surface area (Å²) in [5.41, 5.74) is 2.77. The molecule has 34 heavy (non-hydrogen) atoms. The molecule has 0 bridgehead atoms. The van der Waals surface area contributed by atoms with Crippen molar-refractivity contribution in [2.45, 2.75) is 49.8 Å². The smallest absolute Gasteiger partial charge is 0.450 e. The molecule has 7 nitrogen and oxygen atoms in total. The van der Waals surface area contributed by atoms with E-state index in [1.165, 1.54) is 31.4 Å². The minimum Gasteiger partial charge on any atom is -0.450 e. The minimum absolute atomic E-state index is 0.176. The molecule has 3 N–H and O–H groups in total. The first kappa shape index (κ1) is 27.1. The largest absolute Gasteiger partial charge is 0.503 e. The standard InChI is InChI=1S/C24H27ClN2O2S.CH2O3/c1-2-3-4-5-11-24(20-9-7-16-26-18-20)19-8-6-10-22(17-19)27-30(28,29)23-14-12-21(25)13-15-23;2-1(3)4/h6-10,12-18,24,27H,2-5,11H2,1H3;(H2,2,3,4). The Hall–Kier alpha value is -3.10. The minimum atomic E-state index is -3.68. The molecule has 0 saturated carbocycles. The number of carbonyl (C=O) groups is 1. The van der Waals surface area contributed by atoms with Crippen molar-refractivity contribution in [1.29, 1.82) is 0 Å². The fraction of sp³-hybridized carbons (Fsp3) is 0.280. The molecule has 0 spiro atoms. The molecule has 0 aliphatic rings. The van der Waals surface area contributed by atoms with Gasteiger partial charge in [-0.15, -0.1) is 0 Å². The van der Waals surface area contributed by atoms with Crippen LogP contribution in [-0.2, 0) is 10.0 Å². The highest BCUT2D eigenvalue weighted by atomic mass is 35.5. The average Bonchev–Trinajstić information content (AvgIpc) is 2.79. The van der Waals surface area contributed by atoms with Gasteiger partial charge in [0, 0.05) is 29.0 Å². The van der Waals surface area contributed by atoms with Crippen molar-refractivity contribution in [2.24, 2.45) is 0 Å². The van der Waals surface area contributed by atoms with E-state index >= 15 is 0 Å². The van der Waals surface area contributed by atoms with Crippen molar-refractivity contribution in [2.75, 3.05) is 4.72 Å². The molecule has 0 aliphatic carbocycles. The predicted molar refractivity (Wildman–Crippen MR) is 134 cm³/mol. The van der Waals surface area contributed by atoms with E-state index in [-0.39, 0.29) is 10.8 Å². The number of aromatic nitrogens is 1. The van der Waals surface area contributed by atoms with Crippen molar-refractivity contribution in [3.63, 3.8) is 0 Å². The van der Waals surface area contributed by atoms with Crippen LogP contribution in [0, 0.1) is 0 Å². The lowest BCUT2D eigenvalue weighted by Crippen LogP contribution is -2.13. The molecule has 3 rings (SSSR count). The molecule has 1 aromatic heterocycles. The van der Waals surface area contributed by atoms with Gasteiger partial charge in [0.1, 0.15) is 0 Å². The van der Waals surface area contributed by atoms with E-state index in [0.29, 0.717) is 10.7 Å². The highest BCUT2D eigenvalue weighted by Gasteiger charge is 2.17. The maximum Gasteiger partial charge on any atom is 0.503 e. The van der Waals surface area contributed by atoms with Gasteiger partial charge in [-0.3, -0.25) is 9.71 Å². The Morgan fingerprint density at radius 1 is 1.00 bits per heavy atom. The second kappa shape index (κ2) is 13.6. The van der Waals surface area contributed by atoms with Crippen molar-refractivity contribution in [1.82, 2.24) is 4.98 Å². The van der Waals surface area contributed by atoms with Crippen LogP contribution in [0.15, 0.2) is 78.0 Å². The summed E-state index contributed by atoms with van der Waals surface area (Å²) in [6.45, 7) is 2.20. The van der Waals surface area contributed by atoms with Crippen molar-refractivity contribution < 1.29 is 23.4 Å². The summed E-state index contributed by atoms with van der Waals surface area (Å²) in [5.74, 6) is 0.176. The van der Waals surface area contributed by atoms with Crippen LogP contribution in [0.5, 0.6) is 0 Å². The van der Waals surface area contributed by atoms with Crippen molar-refractivity contribution in [3.05, 3.63) is 89.2 Å². The van der Waals surface area contributed by atoms with Gasteiger partial charge < -0.3 is 10.2 Å². The first-order valence-electron chi connectivity index (χ1n) is 10.9. The van der Waals surface area contributed by atoms with Gasteiger partial charge in [-0.1, -0.05) is 62.4 Å². The second-order valence-electron chi connectivity index (χ2n) is 7.66. The summed E-state index contributed by atoms with van der Waals surface area (Å²) < 4.78 is 28.2. The molecular weight excluding hydrogens is 476 g/mol. The summed E-state index contributed by atoms with van der Waals surface area (Å²) in [6.07, 6.45) is 7.56. The lowest BCUT2D eigenvalue weighted by atomic mass is 9.87. The van der Waals surface area contributed by atoms with Gasteiger partial charge in [0.25, 0.3) is 10.0 Å². The first-order valence-corrected chi connectivity index (χ1v) is 12.8. The zero-order valence-electron chi connectivity index (χ0n) is 18.9. The van der Waals surface area contributed by atoms with E-state index in [4.69, 9.17) is 26.6 Å². The number of hydrogen-bond donors (Lipinski definition) is 3. The van der Waals surface area contributed by atoms with E-state index in [9.17, 15) is 8.42 Å². The van der Waals surface area contributed by atoms with Gasteiger partial charge in [-0.2, -0.15) is 0 Å². The number of unbranched alkanes of at least 4 members (excludes halogenated alkanes) is 3. The van der Waals surface area contributed by atoms with E-state index in [0.717, 1.165) is 24.0 Å². The van der Waals surface area contributed by atoms with Gasteiger partial charge in [0.15, 0.2) is 0 Å². The SMILES string of the molecule is CCCCCCC(c1cccnc1)c1cccc(NS(=O)(=O)c2ccc(Cl)cc2)c1.O=C(O)O. The summed E-state index contributed by atoms with van der Waals surface area (Å²) in [4.78, 5) is 13.0. The van der Waals surface area contributed by atoms with Gasteiger partial charge in [-0.25, -0.2) is 13.2 Å². The third-order valence-corrected chi connectivity index (χ3v) is 6.75. The Kier molecular flexibility index (Phi) is 10.8. The topological polar surface area (TPSA) is 117 Å². The zero-order valence-corrected chi connectivity index (χ0v) is 20.5. The number of nitrogens with zero attached hydrogens (tertiary/aromatic N) is 1. The maximum absolute atomic E-state index is 12.7. The molecule has 1 atom stereocenters. The quantitative estimate of drug-likeness (QED) is 0.259. The average molecular weight is 505 g/mol. The Bertz CT molecular complexity index is 1140. The van der Waals surface area contributed by atoms with Gasteiger partial charge >= 0.3 is 6.16 Å². The highest BCUT2D eigenvalue weighted by Crippen LogP contribution is 2.31. The molecule has 0 aliphatic heterocycles. The summed E-state index contributed by atoms with van der Waals surface area (Å²) in [5, 5.41) is 14.4. The van der Waals surface area contributed by atoms with Crippen molar-refractivity contribution >= 4 is 33.5 Å². The van der Waals surface area contributed by atoms with Gasteiger partial charge in [-0.05, 0) is 60.0 Å². The van der Waals surface area contributed by atoms with Crippen LogP contribution in [0.25, 0.3) is 0 Å². The number of halogens is 1. The molecule has 0 radical (unpaired) electrons. The first-order chi connectivity index (χ1) is 16.2. The van der Waals surface area contributed by atoms with Gasteiger partial charge in [0.2, 0.25) is 0 Å². The summed E-state index contributed by atoms with van der Waals surface area (Å²) >= 11 is 5.88.